The molecule has 0 aromatic heterocycles. The molecule has 0 amide bonds. The number of hydrogen-bond donors (Lipinski definition) is 0. The van der Waals surface area contributed by atoms with E-state index in [4.69, 9.17) is 0 Å². The molecule has 2 rings (SSSR count). The van der Waals surface area contributed by atoms with Gasteiger partial charge in [0.2, 0.25) is 0 Å². The van der Waals surface area contributed by atoms with Crippen molar-refractivity contribution in [2.75, 3.05) is 0 Å². The highest BCUT2D eigenvalue weighted by Crippen LogP contribution is 2.52. The van der Waals surface area contributed by atoms with E-state index in [1.54, 1.807) is 12.1 Å². The van der Waals surface area contributed by atoms with Crippen LogP contribution < -0.4 is 0 Å². The monoisotopic (exact) mass is 310 g/mol. The Balaban J connectivity index is 2.41. The first-order valence-corrected chi connectivity index (χ1v) is 4.80. The van der Waals surface area contributed by atoms with Crippen molar-refractivity contribution in [3.8, 4) is 0 Å². The highest BCUT2D eigenvalue weighted by molar-refractivity contribution is 14.1. The first kappa shape index (κ1) is 9.88. The summed E-state index contributed by atoms with van der Waals surface area (Å²) < 4.78 is 38.3. The lowest BCUT2D eigenvalue weighted by Gasteiger charge is -2.14. The zero-order chi connectivity index (χ0) is 10.4. The van der Waals surface area contributed by atoms with Gasteiger partial charge < -0.3 is 0 Å². The molecule has 0 atom stereocenters. The van der Waals surface area contributed by atoms with Gasteiger partial charge >= 0.3 is 11.8 Å². The quantitative estimate of drug-likeness (QED) is 0.710. The maximum absolute atomic E-state index is 12.5. The van der Waals surface area contributed by atoms with Gasteiger partial charge in [0, 0.05) is 9.13 Å². The Hall–Kier alpha value is -0.660. The first-order valence-electron chi connectivity index (χ1n) is 3.72. The molecule has 0 spiro atoms. The highest BCUT2D eigenvalue weighted by atomic mass is 125. The molecular formula is C8H4F3IN2. The fourth-order valence-corrected chi connectivity index (χ4v) is 1.69. The molecule has 1 aliphatic heterocycles. The fourth-order valence-electron chi connectivity index (χ4n) is 1.15. The number of hydrogen-bond acceptors (Lipinski definition) is 2. The number of benzene rings is 1. The molecule has 1 aromatic rings. The van der Waals surface area contributed by atoms with Crippen molar-refractivity contribution in [2.45, 2.75) is 11.8 Å². The van der Waals surface area contributed by atoms with E-state index in [1.807, 2.05) is 22.6 Å². The van der Waals surface area contributed by atoms with Crippen molar-refractivity contribution >= 4 is 22.6 Å². The predicted octanol–water partition coefficient (Wildman–Crippen LogP) is 3.47. The molecule has 0 bridgehead atoms. The van der Waals surface area contributed by atoms with Gasteiger partial charge in [-0.1, -0.05) is 12.1 Å². The van der Waals surface area contributed by atoms with E-state index in [0.717, 1.165) is 3.57 Å². The Labute approximate surface area is 91.4 Å². The van der Waals surface area contributed by atoms with Crippen LogP contribution in [0.25, 0.3) is 0 Å². The molecule has 0 saturated carbocycles. The van der Waals surface area contributed by atoms with Crippen LogP contribution in [0.2, 0.25) is 0 Å². The molecule has 2 nitrogen and oxygen atoms in total. The molecule has 1 heterocycles. The van der Waals surface area contributed by atoms with Gasteiger partial charge in [-0.05, 0) is 34.7 Å². The van der Waals surface area contributed by atoms with Gasteiger partial charge in [0.1, 0.15) is 0 Å². The zero-order valence-corrected chi connectivity index (χ0v) is 8.87. The van der Waals surface area contributed by atoms with Gasteiger partial charge in [-0.25, -0.2) is 0 Å². The standard InChI is InChI=1S/C8H4F3IN2/c9-8(10,11)7(13-14-7)5-2-1-3-6(12)4-5/h1-4H/i12-2. The van der Waals surface area contributed by atoms with Gasteiger partial charge in [-0.15, -0.1) is 10.2 Å². The van der Waals surface area contributed by atoms with Crippen LogP contribution in [0.5, 0.6) is 0 Å². The molecule has 0 saturated heterocycles. The molecule has 6 heteroatoms. The Kier molecular flexibility index (Phi) is 2.06. The van der Waals surface area contributed by atoms with Crippen molar-refractivity contribution in [3.63, 3.8) is 0 Å². The lowest BCUT2D eigenvalue weighted by Crippen LogP contribution is -2.30. The van der Waals surface area contributed by atoms with Crippen LogP contribution in [0.3, 0.4) is 0 Å². The summed E-state index contributed by atoms with van der Waals surface area (Å²) in [5.74, 6) is 0. The number of alkyl halides is 3. The van der Waals surface area contributed by atoms with E-state index in [0.29, 0.717) is 0 Å². The van der Waals surface area contributed by atoms with Crippen LogP contribution in [0.1, 0.15) is 5.56 Å². The van der Waals surface area contributed by atoms with E-state index in [1.165, 1.54) is 12.1 Å². The molecule has 1 aromatic carbocycles. The summed E-state index contributed by atoms with van der Waals surface area (Å²) in [6.45, 7) is 0. The zero-order valence-electron chi connectivity index (χ0n) is 6.72. The molecular weight excluding hydrogens is 306 g/mol. The highest BCUT2D eigenvalue weighted by Gasteiger charge is 2.65. The lowest BCUT2D eigenvalue weighted by molar-refractivity contribution is -0.166. The smallest absolute Gasteiger partial charge is 0.166 e. The number of nitrogens with zero attached hydrogens (tertiary/aromatic N) is 2. The van der Waals surface area contributed by atoms with Crippen molar-refractivity contribution < 1.29 is 13.2 Å². The van der Waals surface area contributed by atoms with Gasteiger partial charge in [0.25, 0.3) is 0 Å². The topological polar surface area (TPSA) is 24.7 Å². The van der Waals surface area contributed by atoms with Gasteiger partial charge in [-0.2, -0.15) is 13.2 Å². The number of rotatable bonds is 1. The van der Waals surface area contributed by atoms with Crippen LogP contribution in [0.15, 0.2) is 34.5 Å². The molecule has 1 aliphatic rings. The summed E-state index contributed by atoms with van der Waals surface area (Å²) in [5, 5.41) is 6.23. The molecule has 0 N–H and O–H groups in total. The molecule has 14 heavy (non-hydrogen) atoms. The summed E-state index contributed by atoms with van der Waals surface area (Å²) in [6, 6.07) is 6.11. The minimum atomic E-state index is -4.43. The van der Waals surface area contributed by atoms with E-state index in [-0.39, 0.29) is 5.56 Å². The first-order chi connectivity index (χ1) is 6.46. The summed E-state index contributed by atoms with van der Waals surface area (Å²) in [4.78, 5) is 0. The largest absolute Gasteiger partial charge is 0.442 e. The SMILES string of the molecule is FC(F)(F)C1(c2cccc([125I])c2)N=N1. The number of halogens is 4. The van der Waals surface area contributed by atoms with Gasteiger partial charge in [0.15, 0.2) is 0 Å². The maximum atomic E-state index is 12.5. The second-order valence-electron chi connectivity index (χ2n) is 2.88. The van der Waals surface area contributed by atoms with E-state index in [9.17, 15) is 13.2 Å². The molecule has 0 fully saturated rings. The summed E-state index contributed by atoms with van der Waals surface area (Å²) >= 11 is 1.95. The lowest BCUT2D eigenvalue weighted by atomic mass is 10.0. The fraction of sp³-hybridized carbons (Fsp3) is 0.250. The van der Waals surface area contributed by atoms with Crippen molar-refractivity contribution in [2.24, 2.45) is 10.2 Å². The van der Waals surface area contributed by atoms with Crippen LogP contribution in [-0.4, -0.2) is 6.18 Å². The molecule has 0 unspecified atom stereocenters. The third-order valence-corrected chi connectivity index (χ3v) is 2.59. The molecule has 0 radical (unpaired) electrons. The Bertz CT molecular complexity index is 394. The van der Waals surface area contributed by atoms with E-state index >= 15 is 0 Å². The average molecular weight is 310 g/mol. The summed E-state index contributed by atoms with van der Waals surface area (Å²) in [7, 11) is 0. The Morgan fingerprint density at radius 1 is 1.21 bits per heavy atom. The third kappa shape index (κ3) is 1.41. The van der Waals surface area contributed by atoms with Crippen LogP contribution in [0.4, 0.5) is 13.2 Å². The Morgan fingerprint density at radius 2 is 1.86 bits per heavy atom. The molecule has 74 valence electrons. The normalized spacial score (nSPS) is 18.3. The average Bonchev–Trinajstić information content (AvgIpc) is 2.82. The predicted molar refractivity (Wildman–Crippen MR) is 51.7 cm³/mol. The minimum Gasteiger partial charge on any atom is -0.166 e. The second kappa shape index (κ2) is 2.91. The Morgan fingerprint density at radius 3 is 2.29 bits per heavy atom. The van der Waals surface area contributed by atoms with Gasteiger partial charge in [0.05, 0.1) is 0 Å². The summed E-state index contributed by atoms with van der Waals surface area (Å²) in [5.41, 5.74) is -2.20. The van der Waals surface area contributed by atoms with Crippen molar-refractivity contribution in [1.82, 2.24) is 0 Å². The van der Waals surface area contributed by atoms with Crippen molar-refractivity contribution in [3.05, 3.63) is 33.4 Å². The molecule has 0 aliphatic carbocycles. The van der Waals surface area contributed by atoms with Crippen LogP contribution in [0, 0.1) is 3.57 Å². The maximum Gasteiger partial charge on any atom is 0.442 e. The summed E-state index contributed by atoms with van der Waals surface area (Å²) in [6.07, 6.45) is -4.43. The van der Waals surface area contributed by atoms with Crippen molar-refractivity contribution in [1.29, 1.82) is 0 Å². The van der Waals surface area contributed by atoms with Crippen LogP contribution in [-0.2, 0) is 5.66 Å². The van der Waals surface area contributed by atoms with E-state index < -0.39 is 11.8 Å². The van der Waals surface area contributed by atoms with Gasteiger partial charge in [-0.3, -0.25) is 0 Å². The van der Waals surface area contributed by atoms with Crippen LogP contribution >= 0.6 is 22.6 Å². The third-order valence-electron chi connectivity index (χ3n) is 1.92. The van der Waals surface area contributed by atoms with E-state index in [2.05, 4.69) is 10.2 Å². The second-order valence-corrected chi connectivity index (χ2v) is 4.13. The minimum absolute atomic E-state index is 0.0805.